The van der Waals surface area contributed by atoms with Gasteiger partial charge in [-0.2, -0.15) is 0 Å². The first-order valence-corrected chi connectivity index (χ1v) is 3.62. The van der Waals surface area contributed by atoms with E-state index in [9.17, 15) is 0 Å². The predicted octanol–water partition coefficient (Wildman–Crippen LogP) is 0.619. The van der Waals surface area contributed by atoms with E-state index in [1.807, 2.05) is 31.3 Å². The Hall–Kier alpha value is -1.42. The summed E-state index contributed by atoms with van der Waals surface area (Å²) in [5.41, 5.74) is 0. The van der Waals surface area contributed by atoms with Crippen LogP contribution in [0.2, 0.25) is 0 Å². The van der Waals surface area contributed by atoms with E-state index in [2.05, 4.69) is 10.9 Å². The summed E-state index contributed by atoms with van der Waals surface area (Å²) in [5, 5.41) is 2.32. The topological polar surface area (TPSA) is 15.8 Å². The van der Waals surface area contributed by atoms with E-state index < -0.39 is 0 Å². The fourth-order valence-electron chi connectivity index (χ4n) is 0.991. The van der Waals surface area contributed by atoms with Gasteiger partial charge in [-0.15, -0.1) is 12.3 Å². The monoisotopic (exact) mass is 145 g/mol. The van der Waals surface area contributed by atoms with E-state index in [0.717, 1.165) is 5.35 Å². The molecule has 0 radical (unpaired) electrons. The quantitative estimate of drug-likeness (QED) is 0.557. The highest BCUT2D eigenvalue weighted by Gasteiger charge is 1.81. The van der Waals surface area contributed by atoms with Crippen LogP contribution in [0.4, 0.5) is 0 Å². The lowest BCUT2D eigenvalue weighted by Crippen LogP contribution is -2.21. The summed E-state index contributed by atoms with van der Waals surface area (Å²) in [4.78, 5) is 3.11. The van der Waals surface area contributed by atoms with Crippen molar-refractivity contribution < 1.29 is 0 Å². The largest absolute Gasteiger partial charge is 0.361 e. The van der Waals surface area contributed by atoms with Gasteiger partial charge >= 0.3 is 0 Å². The molecule has 1 heteroatoms. The molecule has 0 spiro atoms. The molecule has 0 aliphatic rings. The Bertz CT molecular complexity index is 362. The summed E-state index contributed by atoms with van der Waals surface area (Å²) in [7, 11) is 0. The van der Waals surface area contributed by atoms with E-state index in [0.29, 0.717) is 6.42 Å². The molecule has 0 saturated carbocycles. The molecule has 1 aromatic heterocycles. The Balaban J connectivity index is 3.15. The van der Waals surface area contributed by atoms with Crippen molar-refractivity contribution in [3.8, 4) is 12.3 Å². The molecule has 56 valence electrons. The first kappa shape index (κ1) is 7.68. The van der Waals surface area contributed by atoms with Crippen LogP contribution in [0.1, 0.15) is 13.3 Å². The number of aromatic amines is 1. The van der Waals surface area contributed by atoms with Crippen molar-refractivity contribution in [2.45, 2.75) is 13.3 Å². The van der Waals surface area contributed by atoms with E-state index in [4.69, 9.17) is 6.42 Å². The van der Waals surface area contributed by atoms with Crippen LogP contribution < -0.4 is 10.6 Å². The molecule has 0 unspecified atom stereocenters. The Kier molecular flexibility index (Phi) is 2.57. The van der Waals surface area contributed by atoms with Gasteiger partial charge in [-0.3, -0.25) is 0 Å². The van der Waals surface area contributed by atoms with Crippen LogP contribution in [0.15, 0.2) is 12.3 Å². The summed E-state index contributed by atoms with van der Waals surface area (Å²) in [6, 6.07) is 2.02. The second-order valence-electron chi connectivity index (χ2n) is 2.25. The third kappa shape index (κ3) is 1.75. The van der Waals surface area contributed by atoms with Gasteiger partial charge in [0.2, 0.25) is 0 Å². The van der Waals surface area contributed by atoms with Crippen LogP contribution in [0, 0.1) is 12.3 Å². The molecular weight excluding hydrogens is 134 g/mol. The Morgan fingerprint density at radius 3 is 3.18 bits per heavy atom. The third-order valence-corrected chi connectivity index (χ3v) is 1.54. The van der Waals surface area contributed by atoms with Crippen LogP contribution in [0.3, 0.4) is 0 Å². The first-order chi connectivity index (χ1) is 5.38. The number of aromatic nitrogens is 1. The lowest BCUT2D eigenvalue weighted by Gasteiger charge is -1.77. The second-order valence-corrected chi connectivity index (χ2v) is 2.25. The van der Waals surface area contributed by atoms with E-state index in [1.54, 1.807) is 0 Å². The minimum Gasteiger partial charge on any atom is -0.361 e. The fraction of sp³-hybridized carbons (Fsp3) is 0.200. The molecule has 0 aromatic carbocycles. The summed E-state index contributed by atoms with van der Waals surface area (Å²) in [5.74, 6) is 2.57. The van der Waals surface area contributed by atoms with Crippen LogP contribution in [-0.4, -0.2) is 4.98 Å². The van der Waals surface area contributed by atoms with Crippen LogP contribution in [0.5, 0.6) is 0 Å². The maximum absolute atomic E-state index is 5.13. The minimum absolute atomic E-state index is 0.693. The van der Waals surface area contributed by atoms with Crippen molar-refractivity contribution in [3.05, 3.63) is 22.8 Å². The van der Waals surface area contributed by atoms with E-state index in [-0.39, 0.29) is 0 Å². The zero-order valence-electron chi connectivity index (χ0n) is 6.59. The van der Waals surface area contributed by atoms with E-state index >= 15 is 0 Å². The summed E-state index contributed by atoms with van der Waals surface area (Å²) < 4.78 is 0. The highest BCUT2D eigenvalue weighted by Crippen LogP contribution is 1.74. The molecule has 11 heavy (non-hydrogen) atoms. The molecule has 0 amide bonds. The van der Waals surface area contributed by atoms with Crippen molar-refractivity contribution in [1.82, 2.24) is 4.98 Å². The normalized spacial score (nSPS) is 13.5. The number of hydrogen-bond acceptors (Lipinski definition) is 0. The summed E-state index contributed by atoms with van der Waals surface area (Å²) in [6.45, 7) is 2.00. The number of rotatable bonds is 1. The van der Waals surface area contributed by atoms with Gasteiger partial charge in [0, 0.05) is 18.0 Å². The van der Waals surface area contributed by atoms with Crippen molar-refractivity contribution in [3.63, 3.8) is 0 Å². The van der Waals surface area contributed by atoms with Gasteiger partial charge in [0.25, 0.3) is 0 Å². The zero-order valence-corrected chi connectivity index (χ0v) is 6.59. The third-order valence-electron chi connectivity index (χ3n) is 1.54. The standard InChI is InChI=1S/C10H11N/c1-3-5-6-9-7-8-11-10(9)4-2/h1,4,6-8,11H,5H2,2H3/b9-6-,10-4+. The second kappa shape index (κ2) is 3.68. The number of hydrogen-bond donors (Lipinski definition) is 1. The van der Waals surface area contributed by atoms with Gasteiger partial charge in [-0.05, 0) is 18.2 Å². The predicted molar refractivity (Wildman–Crippen MR) is 48.1 cm³/mol. The van der Waals surface area contributed by atoms with Gasteiger partial charge in [0.05, 0.1) is 0 Å². The summed E-state index contributed by atoms with van der Waals surface area (Å²) in [6.07, 6.45) is 11.8. The molecule has 0 bridgehead atoms. The Morgan fingerprint density at radius 1 is 1.73 bits per heavy atom. The molecule has 1 nitrogen and oxygen atoms in total. The average molecular weight is 145 g/mol. The zero-order chi connectivity index (χ0) is 8.10. The fourth-order valence-corrected chi connectivity index (χ4v) is 0.991. The first-order valence-electron chi connectivity index (χ1n) is 3.62. The van der Waals surface area contributed by atoms with Crippen LogP contribution in [-0.2, 0) is 0 Å². The van der Waals surface area contributed by atoms with E-state index in [1.165, 1.54) is 5.22 Å². The molecule has 0 aliphatic carbocycles. The van der Waals surface area contributed by atoms with Crippen molar-refractivity contribution in [1.29, 1.82) is 0 Å². The van der Waals surface area contributed by atoms with Crippen molar-refractivity contribution in [2.24, 2.45) is 0 Å². The van der Waals surface area contributed by atoms with Gasteiger partial charge < -0.3 is 4.98 Å². The molecule has 1 rings (SSSR count). The van der Waals surface area contributed by atoms with Gasteiger partial charge in [-0.25, -0.2) is 0 Å². The molecule has 0 atom stereocenters. The van der Waals surface area contributed by atoms with Crippen molar-refractivity contribution >= 4 is 12.2 Å². The lowest BCUT2D eigenvalue weighted by atomic mass is 10.3. The molecule has 0 aliphatic heterocycles. The van der Waals surface area contributed by atoms with Gasteiger partial charge in [-0.1, -0.05) is 12.2 Å². The number of H-pyrrole nitrogens is 1. The molecule has 1 N–H and O–H groups in total. The van der Waals surface area contributed by atoms with Gasteiger partial charge in [0.1, 0.15) is 0 Å². The molecule has 0 fully saturated rings. The van der Waals surface area contributed by atoms with Crippen molar-refractivity contribution in [2.75, 3.05) is 0 Å². The molecule has 0 saturated heterocycles. The maximum Gasteiger partial charge on any atom is 0.0407 e. The molecule has 1 heterocycles. The minimum atomic E-state index is 0.693. The highest BCUT2D eigenvalue weighted by molar-refractivity contribution is 5.30. The van der Waals surface area contributed by atoms with Crippen LogP contribution in [0.25, 0.3) is 12.2 Å². The SMILES string of the molecule is C#CC/C=c1/cc[nH]/c1=C/C. The number of nitrogens with one attached hydrogen (secondary N) is 1. The lowest BCUT2D eigenvalue weighted by molar-refractivity contribution is 1.31. The van der Waals surface area contributed by atoms with Gasteiger partial charge in [0.15, 0.2) is 0 Å². The van der Waals surface area contributed by atoms with Crippen LogP contribution >= 0.6 is 0 Å². The maximum atomic E-state index is 5.13. The molecule has 1 aromatic rings. The Morgan fingerprint density at radius 2 is 2.55 bits per heavy atom. The number of terminal acetylenes is 1. The summed E-state index contributed by atoms with van der Waals surface area (Å²) >= 11 is 0. The average Bonchev–Trinajstić information content (AvgIpc) is 2.47. The highest BCUT2D eigenvalue weighted by atomic mass is 14.6. The Labute approximate surface area is 66.5 Å². The molecular formula is C10H11N. The smallest absolute Gasteiger partial charge is 0.0407 e.